The van der Waals surface area contributed by atoms with Crippen molar-refractivity contribution in [3.05, 3.63) is 35.5 Å². The Labute approximate surface area is 173 Å². The molecule has 4 rings (SSSR count). The molecule has 4 N–H and O–H groups in total. The quantitative estimate of drug-likeness (QED) is 0.454. The van der Waals surface area contributed by atoms with Crippen LogP contribution in [0.2, 0.25) is 5.02 Å². The molecule has 3 heterocycles. The Hall–Kier alpha value is -2.29. The molecule has 1 saturated carbocycles. The van der Waals surface area contributed by atoms with Crippen LogP contribution in [0.4, 0.5) is 10.2 Å². The van der Waals surface area contributed by atoms with Crippen LogP contribution in [0.15, 0.2) is 24.7 Å². The summed E-state index contributed by atoms with van der Waals surface area (Å²) in [6, 6.07) is 1.80. The number of aromatic nitrogens is 4. The van der Waals surface area contributed by atoms with Gasteiger partial charge in [0.25, 0.3) is 0 Å². The lowest BCUT2D eigenvalue weighted by molar-refractivity contribution is 0.106. The normalized spacial score (nSPS) is 20.7. The van der Waals surface area contributed by atoms with Crippen molar-refractivity contribution in [3.63, 3.8) is 0 Å². The second kappa shape index (κ2) is 8.61. The predicted molar refractivity (Wildman–Crippen MR) is 111 cm³/mol. The Balaban J connectivity index is 1.62. The predicted octanol–water partition coefficient (Wildman–Crippen LogP) is 3.85. The van der Waals surface area contributed by atoms with Crippen LogP contribution in [0, 0.1) is 5.82 Å². The smallest absolute Gasteiger partial charge is 0.183 e. The highest BCUT2D eigenvalue weighted by atomic mass is 35.5. The van der Waals surface area contributed by atoms with Crippen molar-refractivity contribution in [1.29, 1.82) is 0 Å². The molecule has 0 amide bonds. The minimum Gasteiger partial charge on any atom is -0.379 e. The number of aromatic amines is 1. The monoisotopic (exact) mass is 418 g/mol. The van der Waals surface area contributed by atoms with Crippen LogP contribution in [0.5, 0.6) is 0 Å². The average molecular weight is 419 g/mol. The summed E-state index contributed by atoms with van der Waals surface area (Å²) in [4.78, 5) is 15.9. The van der Waals surface area contributed by atoms with Gasteiger partial charge < -0.3 is 15.4 Å². The topological polar surface area (TPSA) is 98.8 Å². The Kier molecular flexibility index (Phi) is 5.94. The molecule has 1 aliphatic carbocycles. The molecule has 9 heteroatoms. The number of hydrogen-bond acceptors (Lipinski definition) is 6. The number of aliphatic hydroxyl groups excluding tert-OH is 1. The van der Waals surface area contributed by atoms with Gasteiger partial charge in [-0.15, -0.1) is 0 Å². The minimum atomic E-state index is -0.573. The number of halogens is 2. The van der Waals surface area contributed by atoms with E-state index in [2.05, 4.69) is 30.6 Å². The van der Waals surface area contributed by atoms with E-state index < -0.39 is 12.0 Å². The summed E-state index contributed by atoms with van der Waals surface area (Å²) in [5.74, 6) is 0.0345. The van der Waals surface area contributed by atoms with E-state index in [1.807, 2.05) is 6.92 Å². The second-order valence-corrected chi connectivity index (χ2v) is 7.81. The molecule has 0 saturated heterocycles. The maximum atomic E-state index is 14.5. The molecular weight excluding hydrogens is 395 g/mol. The van der Waals surface area contributed by atoms with Gasteiger partial charge in [0.1, 0.15) is 11.9 Å². The number of rotatable bonds is 6. The van der Waals surface area contributed by atoms with Crippen molar-refractivity contribution in [3.8, 4) is 11.4 Å². The molecule has 0 aromatic carbocycles. The Morgan fingerprint density at radius 1 is 1.28 bits per heavy atom. The molecule has 0 radical (unpaired) electrons. The van der Waals surface area contributed by atoms with Crippen molar-refractivity contribution < 1.29 is 9.50 Å². The average Bonchev–Trinajstić information content (AvgIpc) is 3.14. The van der Waals surface area contributed by atoms with Gasteiger partial charge in [0.15, 0.2) is 17.5 Å². The van der Waals surface area contributed by atoms with E-state index in [4.69, 9.17) is 11.6 Å². The molecule has 3 aromatic rings. The van der Waals surface area contributed by atoms with Gasteiger partial charge in [-0.25, -0.2) is 19.3 Å². The summed E-state index contributed by atoms with van der Waals surface area (Å²) in [7, 11) is 0. The zero-order chi connectivity index (χ0) is 20.4. The standard InChI is InChI=1S/C20H24ClFN6O/c1-2-17(29)26-15-5-3-4-6-16(15)27-20-14(22)10-25-19(28-20)13-9-24-18-12(13)7-11(21)8-23-18/h7-10,15-17,26,29H,2-6H2,1H3,(H,23,24)(H,25,27,28)/t15-,16-,17?/m1/s1. The maximum absolute atomic E-state index is 14.5. The molecule has 7 nitrogen and oxygen atoms in total. The van der Waals surface area contributed by atoms with Gasteiger partial charge in [0.2, 0.25) is 0 Å². The summed E-state index contributed by atoms with van der Waals surface area (Å²) < 4.78 is 14.5. The molecule has 3 aromatic heterocycles. The number of anilines is 1. The number of pyridine rings is 1. The van der Waals surface area contributed by atoms with Gasteiger partial charge in [0, 0.05) is 35.4 Å². The summed E-state index contributed by atoms with van der Waals surface area (Å²) in [5, 5.41) is 17.7. The van der Waals surface area contributed by atoms with Crippen molar-refractivity contribution in [2.24, 2.45) is 0 Å². The van der Waals surface area contributed by atoms with Crippen LogP contribution in [-0.4, -0.2) is 43.4 Å². The van der Waals surface area contributed by atoms with Gasteiger partial charge in [-0.3, -0.25) is 5.32 Å². The van der Waals surface area contributed by atoms with E-state index in [-0.39, 0.29) is 17.9 Å². The summed E-state index contributed by atoms with van der Waals surface area (Å²) in [6.07, 6.45) is 8.44. The minimum absolute atomic E-state index is 0.0266. The van der Waals surface area contributed by atoms with Crippen LogP contribution in [0.25, 0.3) is 22.4 Å². The van der Waals surface area contributed by atoms with Crippen molar-refractivity contribution in [2.75, 3.05) is 5.32 Å². The van der Waals surface area contributed by atoms with Gasteiger partial charge >= 0.3 is 0 Å². The fourth-order valence-corrected chi connectivity index (χ4v) is 3.96. The SMILES string of the molecule is CCC(O)N[C@@H]1CCCC[C@H]1Nc1nc(-c2c[nH]c3ncc(Cl)cc23)ncc1F. The number of aliphatic hydroxyl groups is 1. The van der Waals surface area contributed by atoms with Gasteiger partial charge in [-0.05, 0) is 25.3 Å². The third-order valence-corrected chi connectivity index (χ3v) is 5.57. The Bertz CT molecular complexity index is 996. The van der Waals surface area contributed by atoms with Crippen molar-refractivity contribution in [2.45, 2.75) is 57.3 Å². The first-order valence-corrected chi connectivity index (χ1v) is 10.3. The molecule has 1 fully saturated rings. The molecule has 0 bridgehead atoms. The molecule has 29 heavy (non-hydrogen) atoms. The van der Waals surface area contributed by atoms with Gasteiger partial charge in [-0.2, -0.15) is 0 Å². The molecular formula is C20H24ClFN6O. The number of nitrogens with one attached hydrogen (secondary N) is 3. The Morgan fingerprint density at radius 2 is 2.07 bits per heavy atom. The largest absolute Gasteiger partial charge is 0.379 e. The number of H-pyrrole nitrogens is 1. The summed E-state index contributed by atoms with van der Waals surface area (Å²) in [6.45, 7) is 1.92. The number of hydrogen-bond donors (Lipinski definition) is 4. The molecule has 1 unspecified atom stereocenters. The first kappa shape index (κ1) is 20.0. The zero-order valence-electron chi connectivity index (χ0n) is 16.1. The van der Waals surface area contributed by atoms with Gasteiger partial charge in [0.05, 0.1) is 11.2 Å². The molecule has 154 valence electrons. The zero-order valence-corrected chi connectivity index (χ0v) is 16.9. The molecule has 0 aliphatic heterocycles. The molecule has 3 atom stereocenters. The third-order valence-electron chi connectivity index (χ3n) is 5.36. The van der Waals surface area contributed by atoms with E-state index in [9.17, 15) is 9.50 Å². The van der Waals surface area contributed by atoms with E-state index in [0.29, 0.717) is 28.5 Å². The highest BCUT2D eigenvalue weighted by Gasteiger charge is 2.27. The lowest BCUT2D eigenvalue weighted by Crippen LogP contribution is -2.50. The van der Waals surface area contributed by atoms with Crippen molar-refractivity contribution in [1.82, 2.24) is 25.3 Å². The highest BCUT2D eigenvalue weighted by Crippen LogP contribution is 2.29. The summed E-state index contributed by atoms with van der Waals surface area (Å²) in [5.41, 5.74) is 1.37. The first-order valence-electron chi connectivity index (χ1n) is 9.91. The van der Waals surface area contributed by atoms with Crippen LogP contribution in [-0.2, 0) is 0 Å². The third kappa shape index (κ3) is 4.34. The highest BCUT2D eigenvalue weighted by molar-refractivity contribution is 6.31. The van der Waals surface area contributed by atoms with Crippen molar-refractivity contribution >= 4 is 28.5 Å². The van der Waals surface area contributed by atoms with Crippen LogP contribution >= 0.6 is 11.6 Å². The lowest BCUT2D eigenvalue weighted by atomic mass is 9.90. The van der Waals surface area contributed by atoms with Crippen LogP contribution < -0.4 is 10.6 Å². The van der Waals surface area contributed by atoms with E-state index >= 15 is 0 Å². The fraction of sp³-hybridized carbons (Fsp3) is 0.450. The van der Waals surface area contributed by atoms with Gasteiger partial charge in [-0.1, -0.05) is 31.4 Å². The lowest BCUT2D eigenvalue weighted by Gasteiger charge is -2.34. The fourth-order valence-electron chi connectivity index (χ4n) is 3.80. The number of nitrogens with zero attached hydrogens (tertiary/aromatic N) is 3. The summed E-state index contributed by atoms with van der Waals surface area (Å²) >= 11 is 6.07. The second-order valence-electron chi connectivity index (χ2n) is 7.37. The van der Waals surface area contributed by atoms with E-state index in [1.165, 1.54) is 6.20 Å². The molecule has 1 aliphatic rings. The van der Waals surface area contributed by atoms with Crippen LogP contribution in [0.1, 0.15) is 39.0 Å². The molecule has 0 spiro atoms. The maximum Gasteiger partial charge on any atom is 0.183 e. The van der Waals surface area contributed by atoms with E-state index in [1.54, 1.807) is 18.5 Å². The van der Waals surface area contributed by atoms with E-state index in [0.717, 1.165) is 31.1 Å². The number of fused-ring (bicyclic) bond motifs is 1. The Morgan fingerprint density at radius 3 is 2.86 bits per heavy atom. The van der Waals surface area contributed by atoms with Crippen LogP contribution in [0.3, 0.4) is 0 Å². The first-order chi connectivity index (χ1) is 14.0.